The van der Waals surface area contributed by atoms with Crippen molar-refractivity contribution < 1.29 is 18.0 Å². The zero-order valence-corrected chi connectivity index (χ0v) is 15.4. The van der Waals surface area contributed by atoms with Crippen molar-refractivity contribution in [2.45, 2.75) is 11.3 Å². The Kier molecular flexibility index (Phi) is 4.45. The lowest BCUT2D eigenvalue weighted by molar-refractivity contribution is -0.122. The van der Waals surface area contributed by atoms with Crippen LogP contribution in [0.4, 0.5) is 5.69 Å². The molecule has 2 aromatic rings. The van der Waals surface area contributed by atoms with Crippen LogP contribution in [0.1, 0.15) is 15.9 Å². The highest BCUT2D eigenvalue weighted by Gasteiger charge is 2.31. The van der Waals surface area contributed by atoms with Gasteiger partial charge in [0, 0.05) is 30.9 Å². The second-order valence-corrected chi connectivity index (χ2v) is 8.49. The van der Waals surface area contributed by atoms with E-state index in [9.17, 15) is 18.0 Å². The van der Waals surface area contributed by atoms with Crippen LogP contribution in [0.2, 0.25) is 0 Å². The zero-order chi connectivity index (χ0) is 19.0. The molecule has 0 atom stereocenters. The number of amides is 2. The van der Waals surface area contributed by atoms with Gasteiger partial charge in [-0.3, -0.25) is 9.59 Å². The van der Waals surface area contributed by atoms with E-state index in [-0.39, 0.29) is 36.3 Å². The minimum Gasteiger partial charge on any atom is -0.354 e. The molecule has 2 aromatic carbocycles. The molecule has 7 nitrogen and oxygen atoms in total. The summed E-state index contributed by atoms with van der Waals surface area (Å²) < 4.78 is 26.8. The van der Waals surface area contributed by atoms with E-state index in [2.05, 4.69) is 5.32 Å². The Labute approximate surface area is 157 Å². The van der Waals surface area contributed by atoms with Crippen molar-refractivity contribution in [2.75, 3.05) is 31.1 Å². The number of hydrogen-bond donors (Lipinski definition) is 1. The van der Waals surface area contributed by atoms with Crippen molar-refractivity contribution in [1.82, 2.24) is 9.62 Å². The summed E-state index contributed by atoms with van der Waals surface area (Å²) in [6.45, 7) is 0.856. The van der Waals surface area contributed by atoms with E-state index in [0.29, 0.717) is 12.1 Å². The molecule has 0 spiro atoms. The predicted molar refractivity (Wildman–Crippen MR) is 100 cm³/mol. The average Bonchev–Trinajstić information content (AvgIpc) is 3.11. The third-order valence-electron chi connectivity index (χ3n) is 4.85. The highest BCUT2D eigenvalue weighted by Crippen LogP contribution is 2.29. The Morgan fingerprint density at radius 3 is 2.67 bits per heavy atom. The molecular weight excluding hydrogens is 366 g/mol. The number of nitrogens with one attached hydrogen (secondary N) is 1. The minimum absolute atomic E-state index is 0.0236. The minimum atomic E-state index is -3.83. The van der Waals surface area contributed by atoms with E-state index < -0.39 is 10.0 Å². The van der Waals surface area contributed by atoms with Crippen LogP contribution in [0.5, 0.6) is 0 Å². The van der Waals surface area contributed by atoms with E-state index in [0.717, 1.165) is 22.0 Å². The van der Waals surface area contributed by atoms with Crippen molar-refractivity contribution in [3.63, 3.8) is 0 Å². The topological polar surface area (TPSA) is 86.8 Å². The number of sulfonamides is 1. The fourth-order valence-corrected chi connectivity index (χ4v) is 4.91. The van der Waals surface area contributed by atoms with Gasteiger partial charge in [0.25, 0.3) is 5.91 Å². The van der Waals surface area contributed by atoms with E-state index >= 15 is 0 Å². The number of hydrogen-bond acceptors (Lipinski definition) is 4. The number of nitrogens with zero attached hydrogens (tertiary/aromatic N) is 2. The largest absolute Gasteiger partial charge is 0.354 e. The molecule has 2 heterocycles. The second kappa shape index (κ2) is 6.79. The van der Waals surface area contributed by atoms with Gasteiger partial charge in [-0.25, -0.2) is 8.42 Å². The number of para-hydroxylation sites is 1. The number of benzene rings is 2. The summed E-state index contributed by atoms with van der Waals surface area (Å²) in [6, 6.07) is 13.7. The third kappa shape index (κ3) is 3.22. The number of carbonyl (C=O) groups excluding carboxylic acids is 2. The van der Waals surface area contributed by atoms with Gasteiger partial charge in [0.05, 0.1) is 11.4 Å². The number of fused-ring (bicyclic) bond motifs is 1. The molecule has 0 unspecified atom stereocenters. The Hall–Kier alpha value is -2.71. The van der Waals surface area contributed by atoms with Crippen LogP contribution in [0.25, 0.3) is 0 Å². The maximum Gasteiger partial charge on any atom is 0.258 e. The standard InChI is InChI=1S/C19H19N3O4S/c23-18-13-21(11-9-20-18)27(25,26)16-6-3-5-15(12-16)19(24)22-10-8-14-4-1-2-7-17(14)22/h1-7,12H,8-11,13H2,(H,20,23). The van der Waals surface area contributed by atoms with Crippen LogP contribution in [0.3, 0.4) is 0 Å². The smallest absolute Gasteiger partial charge is 0.258 e. The Morgan fingerprint density at radius 2 is 1.85 bits per heavy atom. The molecule has 2 aliphatic rings. The lowest BCUT2D eigenvalue weighted by Crippen LogP contribution is -2.49. The van der Waals surface area contributed by atoms with Gasteiger partial charge in [0.15, 0.2) is 0 Å². The monoisotopic (exact) mass is 385 g/mol. The summed E-state index contributed by atoms with van der Waals surface area (Å²) >= 11 is 0. The lowest BCUT2D eigenvalue weighted by atomic mass is 10.1. The van der Waals surface area contributed by atoms with Crippen molar-refractivity contribution in [1.29, 1.82) is 0 Å². The molecule has 0 aliphatic carbocycles. The highest BCUT2D eigenvalue weighted by molar-refractivity contribution is 7.89. The SMILES string of the molecule is O=C1CN(S(=O)(=O)c2cccc(C(=O)N3CCc4ccccc43)c2)CCN1. The van der Waals surface area contributed by atoms with Gasteiger partial charge < -0.3 is 10.2 Å². The van der Waals surface area contributed by atoms with E-state index in [1.807, 2.05) is 24.3 Å². The maximum atomic E-state index is 13.0. The molecular formula is C19H19N3O4S. The van der Waals surface area contributed by atoms with E-state index in [4.69, 9.17) is 0 Å². The first-order valence-corrected chi connectivity index (χ1v) is 10.2. The summed E-state index contributed by atoms with van der Waals surface area (Å²) in [5.74, 6) is -0.556. The Bertz CT molecular complexity index is 1020. The summed E-state index contributed by atoms with van der Waals surface area (Å²) in [6.07, 6.45) is 0.781. The predicted octanol–water partition coefficient (Wildman–Crippen LogP) is 1.01. The number of carbonyl (C=O) groups is 2. The van der Waals surface area contributed by atoms with Gasteiger partial charge in [-0.15, -0.1) is 0 Å². The van der Waals surface area contributed by atoms with Gasteiger partial charge in [-0.2, -0.15) is 4.31 Å². The van der Waals surface area contributed by atoms with Gasteiger partial charge in [0.1, 0.15) is 0 Å². The maximum absolute atomic E-state index is 13.0. The Morgan fingerprint density at radius 1 is 1.04 bits per heavy atom. The molecule has 0 saturated carbocycles. The fourth-order valence-electron chi connectivity index (χ4n) is 3.46. The zero-order valence-electron chi connectivity index (χ0n) is 14.6. The molecule has 27 heavy (non-hydrogen) atoms. The molecule has 2 aliphatic heterocycles. The molecule has 1 N–H and O–H groups in total. The molecule has 0 aromatic heterocycles. The van der Waals surface area contributed by atoms with Gasteiger partial charge in [0.2, 0.25) is 15.9 Å². The van der Waals surface area contributed by atoms with Crippen LogP contribution < -0.4 is 10.2 Å². The molecule has 2 amide bonds. The van der Waals surface area contributed by atoms with Gasteiger partial charge in [-0.05, 0) is 36.2 Å². The van der Waals surface area contributed by atoms with Crippen molar-refractivity contribution in [3.05, 3.63) is 59.7 Å². The number of anilines is 1. The summed E-state index contributed by atoms with van der Waals surface area (Å²) in [5, 5.41) is 2.61. The quantitative estimate of drug-likeness (QED) is 0.854. The van der Waals surface area contributed by atoms with Crippen molar-refractivity contribution in [3.8, 4) is 0 Å². The second-order valence-electron chi connectivity index (χ2n) is 6.55. The highest BCUT2D eigenvalue weighted by atomic mass is 32.2. The van der Waals surface area contributed by atoms with E-state index in [1.165, 1.54) is 12.1 Å². The van der Waals surface area contributed by atoms with Crippen molar-refractivity contribution in [2.24, 2.45) is 0 Å². The molecule has 4 rings (SSSR count). The number of rotatable bonds is 3. The van der Waals surface area contributed by atoms with Gasteiger partial charge in [-0.1, -0.05) is 24.3 Å². The lowest BCUT2D eigenvalue weighted by Gasteiger charge is -2.26. The van der Waals surface area contributed by atoms with Crippen LogP contribution in [-0.2, 0) is 21.2 Å². The van der Waals surface area contributed by atoms with Gasteiger partial charge >= 0.3 is 0 Å². The van der Waals surface area contributed by atoms with Crippen LogP contribution >= 0.6 is 0 Å². The molecule has 8 heteroatoms. The Balaban J connectivity index is 1.63. The normalized spacial score (nSPS) is 17.5. The van der Waals surface area contributed by atoms with Crippen LogP contribution in [-0.4, -0.2) is 50.7 Å². The summed E-state index contributed by atoms with van der Waals surface area (Å²) in [5.41, 5.74) is 2.28. The molecule has 0 bridgehead atoms. The third-order valence-corrected chi connectivity index (χ3v) is 6.70. The molecule has 1 fully saturated rings. The fraction of sp³-hybridized carbons (Fsp3) is 0.263. The molecule has 0 radical (unpaired) electrons. The first kappa shape index (κ1) is 17.7. The first-order valence-electron chi connectivity index (χ1n) is 8.73. The molecule has 1 saturated heterocycles. The summed E-state index contributed by atoms with van der Waals surface area (Å²) in [4.78, 5) is 26.2. The summed E-state index contributed by atoms with van der Waals surface area (Å²) in [7, 11) is -3.83. The number of piperazine rings is 1. The van der Waals surface area contributed by atoms with Crippen molar-refractivity contribution >= 4 is 27.5 Å². The first-order chi connectivity index (χ1) is 13.0. The van der Waals surface area contributed by atoms with Crippen LogP contribution in [0, 0.1) is 0 Å². The van der Waals surface area contributed by atoms with E-state index in [1.54, 1.807) is 17.0 Å². The average molecular weight is 385 g/mol. The van der Waals surface area contributed by atoms with Crippen LogP contribution in [0.15, 0.2) is 53.4 Å². The molecule has 140 valence electrons.